The Morgan fingerprint density at radius 1 is 1.14 bits per heavy atom. The van der Waals surface area contributed by atoms with Crippen molar-refractivity contribution in [2.45, 2.75) is 44.6 Å². The molecule has 2 aliphatic heterocycles. The maximum absolute atomic E-state index is 12.2. The van der Waals surface area contributed by atoms with E-state index in [1.165, 1.54) is 0 Å². The first-order chi connectivity index (χ1) is 10.2. The van der Waals surface area contributed by atoms with Crippen LogP contribution in [0.4, 0.5) is 0 Å². The molecule has 2 fully saturated rings. The van der Waals surface area contributed by atoms with Crippen LogP contribution in [0.25, 0.3) is 0 Å². The fourth-order valence-corrected chi connectivity index (χ4v) is 3.28. The van der Waals surface area contributed by atoms with Crippen molar-refractivity contribution in [2.75, 3.05) is 46.4 Å². The average Bonchev–Trinajstić information content (AvgIpc) is 2.52. The Morgan fingerprint density at radius 3 is 2.43 bits per heavy atom. The van der Waals surface area contributed by atoms with Crippen molar-refractivity contribution in [1.82, 2.24) is 9.80 Å². The quantitative estimate of drug-likeness (QED) is 0.798. The minimum atomic E-state index is 0.148. The number of hydrogen-bond acceptors (Lipinski definition) is 4. The number of likely N-dealkylation sites (tertiary alicyclic amines) is 2. The number of amides is 1. The van der Waals surface area contributed by atoms with E-state index in [2.05, 4.69) is 11.9 Å². The maximum atomic E-state index is 12.2. The molecule has 0 bridgehead atoms. The van der Waals surface area contributed by atoms with Crippen LogP contribution in [0.15, 0.2) is 0 Å². The van der Waals surface area contributed by atoms with Crippen LogP contribution in [0.2, 0.25) is 0 Å². The number of ether oxygens (including phenoxy) is 1. The number of rotatable bonds is 6. The molecule has 2 heterocycles. The van der Waals surface area contributed by atoms with Gasteiger partial charge in [-0.1, -0.05) is 0 Å². The second-order valence-electron chi connectivity index (χ2n) is 6.50. The predicted octanol–water partition coefficient (Wildman–Crippen LogP) is 1.11. The summed E-state index contributed by atoms with van der Waals surface area (Å²) in [7, 11) is 2.13. The van der Waals surface area contributed by atoms with E-state index in [9.17, 15) is 4.79 Å². The van der Waals surface area contributed by atoms with Crippen molar-refractivity contribution in [3.8, 4) is 0 Å². The van der Waals surface area contributed by atoms with E-state index >= 15 is 0 Å². The maximum Gasteiger partial charge on any atom is 0.248 e. The average molecular weight is 298 g/mol. The van der Waals surface area contributed by atoms with Gasteiger partial charge in [0, 0.05) is 32.8 Å². The van der Waals surface area contributed by atoms with Gasteiger partial charge in [-0.05, 0) is 51.5 Å². The van der Waals surface area contributed by atoms with Crippen LogP contribution in [0, 0.1) is 5.92 Å². The molecular weight excluding hydrogens is 268 g/mol. The zero-order valence-corrected chi connectivity index (χ0v) is 13.3. The summed E-state index contributed by atoms with van der Waals surface area (Å²) in [5, 5.41) is 8.86. The summed E-state index contributed by atoms with van der Waals surface area (Å²) in [6.07, 6.45) is 6.44. The Labute approximate surface area is 128 Å². The number of nitrogens with zero attached hydrogens (tertiary/aromatic N) is 2. The number of hydrogen-bond donors (Lipinski definition) is 1. The fourth-order valence-electron chi connectivity index (χ4n) is 3.28. The second kappa shape index (κ2) is 8.71. The lowest BCUT2D eigenvalue weighted by Crippen LogP contribution is -2.42. The van der Waals surface area contributed by atoms with Gasteiger partial charge in [-0.3, -0.25) is 4.79 Å². The van der Waals surface area contributed by atoms with Gasteiger partial charge in [0.15, 0.2) is 0 Å². The minimum Gasteiger partial charge on any atom is -0.396 e. The molecular formula is C16H30N2O3. The van der Waals surface area contributed by atoms with E-state index < -0.39 is 0 Å². The van der Waals surface area contributed by atoms with Crippen LogP contribution >= 0.6 is 0 Å². The van der Waals surface area contributed by atoms with Crippen LogP contribution in [0.5, 0.6) is 0 Å². The van der Waals surface area contributed by atoms with Crippen LogP contribution in [0.3, 0.4) is 0 Å². The van der Waals surface area contributed by atoms with Crippen molar-refractivity contribution in [3.05, 3.63) is 0 Å². The number of aliphatic hydroxyl groups is 1. The molecule has 0 spiro atoms. The Morgan fingerprint density at radius 2 is 1.81 bits per heavy atom. The van der Waals surface area contributed by atoms with Crippen molar-refractivity contribution in [3.63, 3.8) is 0 Å². The zero-order chi connectivity index (χ0) is 15.1. The Hall–Kier alpha value is -0.650. The van der Waals surface area contributed by atoms with Crippen molar-refractivity contribution < 1.29 is 14.6 Å². The molecule has 0 aromatic heterocycles. The normalized spacial score (nSPS) is 22.7. The molecule has 0 aromatic carbocycles. The molecule has 0 unspecified atom stereocenters. The standard InChI is InChI=1S/C16H30N2O3/c1-17-8-6-15(7-9-17)21-13-16(20)18-10-4-14(5-11-18)3-2-12-19/h14-15,19H,2-13H2,1H3. The van der Waals surface area contributed by atoms with Gasteiger partial charge in [-0.15, -0.1) is 0 Å². The molecule has 122 valence electrons. The van der Waals surface area contributed by atoms with E-state index in [0.29, 0.717) is 5.92 Å². The molecule has 21 heavy (non-hydrogen) atoms. The highest BCUT2D eigenvalue weighted by Crippen LogP contribution is 2.22. The number of carbonyl (C=O) groups excluding carboxylic acids is 1. The third kappa shape index (κ3) is 5.57. The van der Waals surface area contributed by atoms with Crippen LogP contribution in [-0.4, -0.2) is 73.4 Å². The van der Waals surface area contributed by atoms with Gasteiger partial charge in [-0.25, -0.2) is 0 Å². The van der Waals surface area contributed by atoms with Crippen LogP contribution in [-0.2, 0) is 9.53 Å². The molecule has 1 N–H and O–H groups in total. The summed E-state index contributed by atoms with van der Waals surface area (Å²) in [6, 6.07) is 0. The molecule has 5 heteroatoms. The van der Waals surface area contributed by atoms with Crippen LogP contribution in [0.1, 0.15) is 38.5 Å². The summed E-state index contributed by atoms with van der Waals surface area (Å²) in [5.41, 5.74) is 0. The summed E-state index contributed by atoms with van der Waals surface area (Å²) < 4.78 is 5.79. The lowest BCUT2D eigenvalue weighted by Gasteiger charge is -2.33. The summed E-state index contributed by atoms with van der Waals surface area (Å²) in [5.74, 6) is 0.825. The fraction of sp³-hybridized carbons (Fsp3) is 0.938. The van der Waals surface area contributed by atoms with Crippen LogP contribution < -0.4 is 0 Å². The second-order valence-corrected chi connectivity index (χ2v) is 6.50. The van der Waals surface area contributed by atoms with Gasteiger partial charge in [0.05, 0.1) is 6.10 Å². The van der Waals surface area contributed by atoms with Gasteiger partial charge < -0.3 is 19.6 Å². The lowest BCUT2D eigenvalue weighted by molar-refractivity contribution is -0.140. The van der Waals surface area contributed by atoms with Gasteiger partial charge in [-0.2, -0.15) is 0 Å². The highest BCUT2D eigenvalue weighted by atomic mass is 16.5. The molecule has 0 saturated carbocycles. The van der Waals surface area contributed by atoms with E-state index in [1.54, 1.807) is 0 Å². The van der Waals surface area contributed by atoms with E-state index in [0.717, 1.165) is 64.7 Å². The molecule has 2 aliphatic rings. The summed E-state index contributed by atoms with van der Waals surface area (Å²) >= 11 is 0. The van der Waals surface area contributed by atoms with Gasteiger partial charge in [0.25, 0.3) is 0 Å². The SMILES string of the molecule is CN1CCC(OCC(=O)N2CCC(CCCO)CC2)CC1. The monoisotopic (exact) mass is 298 g/mol. The number of piperidine rings is 2. The Balaban J connectivity index is 1.61. The van der Waals surface area contributed by atoms with Gasteiger partial charge >= 0.3 is 0 Å². The molecule has 0 aliphatic carbocycles. The third-order valence-corrected chi connectivity index (χ3v) is 4.85. The summed E-state index contributed by atoms with van der Waals surface area (Å²) in [6.45, 7) is 4.36. The first-order valence-corrected chi connectivity index (χ1v) is 8.38. The smallest absolute Gasteiger partial charge is 0.248 e. The number of carbonyl (C=O) groups is 1. The topological polar surface area (TPSA) is 53.0 Å². The third-order valence-electron chi connectivity index (χ3n) is 4.85. The molecule has 2 saturated heterocycles. The van der Waals surface area contributed by atoms with E-state index in [4.69, 9.17) is 9.84 Å². The first-order valence-electron chi connectivity index (χ1n) is 8.38. The highest BCUT2D eigenvalue weighted by molar-refractivity contribution is 5.77. The summed E-state index contributed by atoms with van der Waals surface area (Å²) in [4.78, 5) is 16.4. The molecule has 1 amide bonds. The molecule has 0 aromatic rings. The van der Waals surface area contributed by atoms with E-state index in [-0.39, 0.29) is 25.2 Å². The first kappa shape index (κ1) is 16.7. The highest BCUT2D eigenvalue weighted by Gasteiger charge is 2.24. The van der Waals surface area contributed by atoms with E-state index in [1.807, 2.05) is 4.90 Å². The zero-order valence-electron chi connectivity index (χ0n) is 13.3. The molecule has 5 nitrogen and oxygen atoms in total. The Bertz CT molecular complexity index is 309. The number of aliphatic hydroxyl groups excluding tert-OH is 1. The molecule has 2 rings (SSSR count). The largest absolute Gasteiger partial charge is 0.396 e. The molecule has 0 atom stereocenters. The van der Waals surface area contributed by atoms with Crippen molar-refractivity contribution >= 4 is 5.91 Å². The van der Waals surface area contributed by atoms with Gasteiger partial charge in [0.1, 0.15) is 6.61 Å². The predicted molar refractivity (Wildman–Crippen MR) is 82.1 cm³/mol. The van der Waals surface area contributed by atoms with Crippen molar-refractivity contribution in [2.24, 2.45) is 5.92 Å². The van der Waals surface area contributed by atoms with Crippen molar-refractivity contribution in [1.29, 1.82) is 0 Å². The molecule has 0 radical (unpaired) electrons. The Kier molecular flexibility index (Phi) is 6.93. The lowest BCUT2D eigenvalue weighted by atomic mass is 9.92. The minimum absolute atomic E-state index is 0.148. The van der Waals surface area contributed by atoms with Gasteiger partial charge in [0.2, 0.25) is 5.91 Å².